The van der Waals surface area contributed by atoms with Crippen molar-refractivity contribution < 1.29 is 26.4 Å². The van der Waals surface area contributed by atoms with Gasteiger partial charge in [-0.15, -0.1) is 0 Å². The molecule has 0 aliphatic carbocycles. The zero-order valence-electron chi connectivity index (χ0n) is 13.6. The number of hydrogen-bond donors (Lipinski definition) is 2. The summed E-state index contributed by atoms with van der Waals surface area (Å²) in [5, 5.41) is 2.67. The van der Waals surface area contributed by atoms with Crippen molar-refractivity contribution in [2.45, 2.75) is 18.3 Å². The number of sulfonamides is 1. The third-order valence-corrected chi connectivity index (χ3v) is 5.09. The summed E-state index contributed by atoms with van der Waals surface area (Å²) >= 11 is 0. The van der Waals surface area contributed by atoms with E-state index in [-0.39, 0.29) is 11.5 Å². The lowest BCUT2D eigenvalue weighted by molar-refractivity contribution is -0.0429. The Labute approximate surface area is 144 Å². The predicted molar refractivity (Wildman–Crippen MR) is 87.6 cm³/mol. The number of nitrogens with one attached hydrogen (secondary N) is 2. The second-order valence-corrected chi connectivity index (χ2v) is 7.75. The first kappa shape index (κ1) is 19.5. The molecule has 1 unspecified atom stereocenters. The van der Waals surface area contributed by atoms with Crippen LogP contribution < -0.4 is 10.0 Å². The number of para-hydroxylation sites is 1. The maximum atomic E-state index is 12.5. The van der Waals surface area contributed by atoms with Gasteiger partial charge in [0.2, 0.25) is 0 Å². The van der Waals surface area contributed by atoms with Crippen LogP contribution in [0.15, 0.2) is 24.3 Å². The van der Waals surface area contributed by atoms with Crippen LogP contribution in [0.25, 0.3) is 0 Å². The van der Waals surface area contributed by atoms with Gasteiger partial charge in [0.1, 0.15) is 0 Å². The highest BCUT2D eigenvalue weighted by Gasteiger charge is 2.46. The number of hydrogen-bond acceptors (Lipinski definition) is 4. The number of amides is 1. The van der Waals surface area contributed by atoms with Gasteiger partial charge in [-0.1, -0.05) is 12.1 Å². The van der Waals surface area contributed by atoms with E-state index in [4.69, 9.17) is 0 Å². The van der Waals surface area contributed by atoms with Crippen LogP contribution in [-0.4, -0.2) is 51.4 Å². The molecule has 1 aliphatic heterocycles. The molecular weight excluding hydrogens is 359 g/mol. The van der Waals surface area contributed by atoms with Crippen molar-refractivity contribution in [2.24, 2.45) is 5.92 Å². The summed E-state index contributed by atoms with van der Waals surface area (Å²) in [6.45, 7) is 2.19. The molecule has 0 saturated carbocycles. The quantitative estimate of drug-likeness (QED) is 0.821. The lowest BCUT2D eigenvalue weighted by Gasteiger charge is -2.29. The first-order valence-corrected chi connectivity index (χ1v) is 9.23. The fourth-order valence-electron chi connectivity index (χ4n) is 2.74. The molecule has 1 saturated heterocycles. The Morgan fingerprint density at radius 3 is 2.64 bits per heavy atom. The van der Waals surface area contributed by atoms with Gasteiger partial charge in [-0.3, -0.25) is 9.52 Å². The van der Waals surface area contributed by atoms with Crippen LogP contribution in [0.2, 0.25) is 0 Å². The standard InChI is InChI=1S/C15H20F3N3O3S/c1-21-8-4-5-11(10-21)9-19-14(22)12-6-2-3-7-13(12)20-25(23,24)15(16,17)18/h2-3,6-7,11,20H,4-5,8-10H2,1H3,(H,19,22). The lowest BCUT2D eigenvalue weighted by Crippen LogP contribution is -2.39. The molecule has 0 spiro atoms. The monoisotopic (exact) mass is 379 g/mol. The highest BCUT2D eigenvalue weighted by atomic mass is 32.2. The second kappa shape index (κ2) is 7.61. The number of benzene rings is 1. The van der Waals surface area contributed by atoms with Crippen molar-refractivity contribution in [1.82, 2.24) is 10.2 Å². The number of likely N-dealkylation sites (tertiary alicyclic amines) is 1. The summed E-state index contributed by atoms with van der Waals surface area (Å²) in [5.74, 6) is -0.365. The fourth-order valence-corrected chi connectivity index (χ4v) is 3.33. The summed E-state index contributed by atoms with van der Waals surface area (Å²) in [6.07, 6.45) is 1.96. The van der Waals surface area contributed by atoms with Gasteiger partial charge in [0, 0.05) is 13.1 Å². The predicted octanol–water partition coefficient (Wildman–Crippen LogP) is 2.02. The number of carbonyl (C=O) groups excluding carboxylic acids is 1. The van der Waals surface area contributed by atoms with E-state index in [1.807, 2.05) is 7.05 Å². The Bertz CT molecular complexity index is 722. The minimum absolute atomic E-state index is 0.153. The number of piperidine rings is 1. The topological polar surface area (TPSA) is 78.5 Å². The smallest absolute Gasteiger partial charge is 0.352 e. The molecule has 1 aromatic carbocycles. The molecule has 1 amide bonds. The molecular formula is C15H20F3N3O3S. The highest BCUT2D eigenvalue weighted by molar-refractivity contribution is 7.93. The van der Waals surface area contributed by atoms with Gasteiger partial charge in [0.15, 0.2) is 0 Å². The maximum Gasteiger partial charge on any atom is 0.516 e. The summed E-state index contributed by atoms with van der Waals surface area (Å²) in [6, 6.07) is 5.19. The van der Waals surface area contributed by atoms with E-state index in [0.29, 0.717) is 6.54 Å². The Hall–Kier alpha value is -1.81. The van der Waals surface area contributed by atoms with Crippen LogP contribution in [0, 0.1) is 5.92 Å². The van der Waals surface area contributed by atoms with E-state index in [0.717, 1.165) is 32.0 Å². The average molecular weight is 379 g/mol. The molecule has 25 heavy (non-hydrogen) atoms. The minimum atomic E-state index is -5.59. The molecule has 0 aromatic heterocycles. The number of rotatable bonds is 5. The number of halogens is 3. The van der Waals surface area contributed by atoms with Crippen molar-refractivity contribution in [3.05, 3.63) is 29.8 Å². The molecule has 10 heteroatoms. The van der Waals surface area contributed by atoms with Crippen LogP contribution in [0.4, 0.5) is 18.9 Å². The Balaban J connectivity index is 2.08. The van der Waals surface area contributed by atoms with Gasteiger partial charge < -0.3 is 10.2 Å². The molecule has 1 aliphatic rings. The Kier molecular flexibility index (Phi) is 5.94. The SMILES string of the molecule is CN1CCCC(CNC(=O)c2ccccc2NS(=O)(=O)C(F)(F)F)C1. The number of nitrogens with zero attached hydrogens (tertiary/aromatic N) is 1. The summed E-state index contributed by atoms with van der Waals surface area (Å²) in [5.41, 5.74) is -6.01. The van der Waals surface area contributed by atoms with E-state index in [1.165, 1.54) is 22.9 Å². The summed E-state index contributed by atoms with van der Waals surface area (Å²) in [4.78, 5) is 14.4. The number of anilines is 1. The molecule has 6 nitrogen and oxygen atoms in total. The van der Waals surface area contributed by atoms with Crippen LogP contribution >= 0.6 is 0 Å². The first-order chi connectivity index (χ1) is 11.6. The molecule has 2 rings (SSSR count). The van der Waals surface area contributed by atoms with Crippen molar-refractivity contribution in [3.63, 3.8) is 0 Å². The number of alkyl halides is 3. The summed E-state index contributed by atoms with van der Waals surface area (Å²) in [7, 11) is -3.60. The van der Waals surface area contributed by atoms with Crippen LogP contribution in [0.1, 0.15) is 23.2 Å². The molecule has 140 valence electrons. The molecule has 1 atom stereocenters. The van der Waals surface area contributed by atoms with E-state index in [9.17, 15) is 26.4 Å². The van der Waals surface area contributed by atoms with Crippen molar-refractivity contribution in [2.75, 3.05) is 31.4 Å². The average Bonchev–Trinajstić information content (AvgIpc) is 2.52. The van der Waals surface area contributed by atoms with Crippen LogP contribution in [0.3, 0.4) is 0 Å². The van der Waals surface area contributed by atoms with Gasteiger partial charge in [0.05, 0.1) is 11.3 Å². The van der Waals surface area contributed by atoms with Gasteiger partial charge in [0.25, 0.3) is 5.91 Å². The molecule has 1 aromatic rings. The van der Waals surface area contributed by atoms with E-state index >= 15 is 0 Å². The van der Waals surface area contributed by atoms with Gasteiger partial charge in [-0.05, 0) is 44.5 Å². The third kappa shape index (κ3) is 5.08. The molecule has 0 radical (unpaired) electrons. The van der Waals surface area contributed by atoms with Crippen molar-refractivity contribution >= 4 is 21.6 Å². The molecule has 2 N–H and O–H groups in total. The van der Waals surface area contributed by atoms with Gasteiger partial charge >= 0.3 is 15.5 Å². The normalized spacial score (nSPS) is 19.4. The minimum Gasteiger partial charge on any atom is -0.352 e. The Morgan fingerprint density at radius 1 is 1.32 bits per heavy atom. The Morgan fingerprint density at radius 2 is 2.00 bits per heavy atom. The van der Waals surface area contributed by atoms with E-state index in [2.05, 4.69) is 10.2 Å². The van der Waals surface area contributed by atoms with Crippen LogP contribution in [0.5, 0.6) is 0 Å². The molecule has 1 heterocycles. The van der Waals surface area contributed by atoms with Crippen LogP contribution in [-0.2, 0) is 10.0 Å². The van der Waals surface area contributed by atoms with E-state index < -0.39 is 27.1 Å². The van der Waals surface area contributed by atoms with Crippen molar-refractivity contribution in [1.29, 1.82) is 0 Å². The maximum absolute atomic E-state index is 12.5. The fraction of sp³-hybridized carbons (Fsp3) is 0.533. The first-order valence-electron chi connectivity index (χ1n) is 7.75. The zero-order valence-corrected chi connectivity index (χ0v) is 14.5. The molecule has 1 fully saturated rings. The van der Waals surface area contributed by atoms with Gasteiger partial charge in [-0.25, -0.2) is 0 Å². The number of carbonyl (C=O) groups is 1. The van der Waals surface area contributed by atoms with Gasteiger partial charge in [-0.2, -0.15) is 21.6 Å². The third-order valence-electron chi connectivity index (χ3n) is 3.99. The highest BCUT2D eigenvalue weighted by Crippen LogP contribution is 2.27. The largest absolute Gasteiger partial charge is 0.516 e. The summed E-state index contributed by atoms with van der Waals surface area (Å²) < 4.78 is 61.5. The van der Waals surface area contributed by atoms with Crippen molar-refractivity contribution in [3.8, 4) is 0 Å². The lowest BCUT2D eigenvalue weighted by atomic mass is 9.98. The zero-order chi connectivity index (χ0) is 18.7. The molecule has 0 bridgehead atoms. The van der Waals surface area contributed by atoms with E-state index in [1.54, 1.807) is 0 Å². The second-order valence-electron chi connectivity index (χ2n) is 6.08.